The largest absolute Gasteiger partial charge is 0.454 e. The van der Waals surface area contributed by atoms with Crippen molar-refractivity contribution in [3.63, 3.8) is 0 Å². The van der Waals surface area contributed by atoms with Crippen molar-refractivity contribution < 1.29 is 24.1 Å². The summed E-state index contributed by atoms with van der Waals surface area (Å²) in [5, 5.41) is 10.3. The Kier molecular flexibility index (Phi) is 9.43. The average molecular weight is 392 g/mol. The molecule has 0 unspecified atom stereocenters. The number of rotatable bonds is 14. The fraction of sp³-hybridized carbons (Fsp3) is 0.571. The molecule has 1 N–H and O–H groups in total. The zero-order valence-electron chi connectivity index (χ0n) is 17.1. The van der Waals surface area contributed by atoms with Crippen LogP contribution in [0.2, 0.25) is 0 Å². The Hall–Kier alpha value is -1.93. The number of benzene rings is 1. The Morgan fingerprint density at radius 1 is 1.14 bits per heavy atom. The van der Waals surface area contributed by atoms with Crippen molar-refractivity contribution >= 4 is 11.0 Å². The molecule has 0 saturated heterocycles. The zero-order chi connectivity index (χ0) is 20.4. The van der Waals surface area contributed by atoms with Gasteiger partial charge in [0.25, 0.3) is 6.01 Å². The molecule has 0 fully saturated rings. The minimum absolute atomic E-state index is 0.460. The van der Waals surface area contributed by atoms with Crippen molar-refractivity contribution in [2.75, 3.05) is 40.1 Å². The monoisotopic (exact) mass is 392 g/mol. The van der Waals surface area contributed by atoms with Crippen LogP contribution in [0.1, 0.15) is 20.3 Å². The summed E-state index contributed by atoms with van der Waals surface area (Å²) in [6.45, 7) is 11.0. The van der Waals surface area contributed by atoms with Crippen LogP contribution in [0.25, 0.3) is 11.0 Å². The number of methoxy groups -OCH3 is 1. The fourth-order valence-electron chi connectivity index (χ4n) is 2.81. The number of nitrogens with zero attached hydrogens (tertiary/aromatic N) is 2. The zero-order valence-corrected chi connectivity index (χ0v) is 17.1. The van der Waals surface area contributed by atoms with E-state index in [1.807, 2.05) is 42.7 Å². The first-order chi connectivity index (χ1) is 13.6. The third-order valence-corrected chi connectivity index (χ3v) is 4.37. The molecule has 2 rings (SSSR count). The number of fused-ring (bicyclic) bond motifs is 1. The van der Waals surface area contributed by atoms with E-state index in [1.165, 1.54) is 0 Å². The maximum Gasteiger partial charge on any atom is 0.298 e. The van der Waals surface area contributed by atoms with Crippen molar-refractivity contribution in [1.82, 2.24) is 9.55 Å². The van der Waals surface area contributed by atoms with Gasteiger partial charge in [0.1, 0.15) is 6.10 Å². The minimum Gasteiger partial charge on any atom is -0.454 e. The Labute approximate surface area is 166 Å². The van der Waals surface area contributed by atoms with E-state index in [-0.39, 0.29) is 0 Å². The van der Waals surface area contributed by atoms with E-state index < -0.39 is 12.2 Å². The number of para-hydroxylation sites is 2. The molecular weight excluding hydrogens is 360 g/mol. The molecule has 0 radical (unpaired) electrons. The van der Waals surface area contributed by atoms with Crippen LogP contribution in [-0.4, -0.2) is 67.0 Å². The van der Waals surface area contributed by atoms with Crippen molar-refractivity contribution in [2.24, 2.45) is 0 Å². The van der Waals surface area contributed by atoms with Gasteiger partial charge in [-0.1, -0.05) is 25.6 Å². The maximum atomic E-state index is 10.3. The third-order valence-electron chi connectivity index (χ3n) is 4.37. The van der Waals surface area contributed by atoms with Crippen LogP contribution in [0, 0.1) is 0 Å². The van der Waals surface area contributed by atoms with Gasteiger partial charge in [-0.15, -0.1) is 0 Å². The van der Waals surface area contributed by atoms with E-state index in [0.717, 1.165) is 16.6 Å². The summed E-state index contributed by atoms with van der Waals surface area (Å²) >= 11 is 0. The molecule has 1 aromatic carbocycles. The second-order valence-electron chi connectivity index (χ2n) is 6.61. The number of imidazole rings is 1. The molecule has 0 aliphatic heterocycles. The standard InChI is InChI=1S/C21H32N2O5/c1-5-19(24)20(16(2)3)28-21-22-17-8-6-7-9-18(17)23(21)10-11-26-14-15-27-13-12-25-4/h6-9,19-20,24H,2,5,10-15H2,1,3-4H3/t19-,20+/m1/s1. The predicted octanol–water partition coefficient (Wildman–Crippen LogP) is 2.81. The van der Waals surface area contributed by atoms with Crippen LogP contribution < -0.4 is 4.74 Å². The molecule has 0 amide bonds. The molecule has 156 valence electrons. The molecule has 2 aromatic rings. The van der Waals surface area contributed by atoms with Gasteiger partial charge in [-0.05, 0) is 31.1 Å². The first kappa shape index (κ1) is 22.4. The van der Waals surface area contributed by atoms with Crippen LogP contribution in [0.5, 0.6) is 6.01 Å². The first-order valence-electron chi connectivity index (χ1n) is 9.68. The topological polar surface area (TPSA) is 75.0 Å². The number of hydrogen-bond acceptors (Lipinski definition) is 6. The van der Waals surface area contributed by atoms with Crippen LogP contribution in [-0.2, 0) is 20.8 Å². The van der Waals surface area contributed by atoms with Crippen molar-refractivity contribution in [3.05, 3.63) is 36.4 Å². The lowest BCUT2D eigenvalue weighted by Gasteiger charge is -2.23. The smallest absolute Gasteiger partial charge is 0.298 e. The van der Waals surface area contributed by atoms with Crippen LogP contribution in [0.15, 0.2) is 36.4 Å². The van der Waals surface area contributed by atoms with Crippen molar-refractivity contribution in [3.8, 4) is 6.01 Å². The predicted molar refractivity (Wildman–Crippen MR) is 109 cm³/mol. The van der Waals surface area contributed by atoms with E-state index in [4.69, 9.17) is 18.9 Å². The molecule has 2 atom stereocenters. The summed E-state index contributed by atoms with van der Waals surface area (Å²) in [5.41, 5.74) is 2.56. The van der Waals surface area contributed by atoms with Gasteiger partial charge in [0.05, 0.1) is 56.7 Å². The normalized spacial score (nSPS) is 13.6. The highest BCUT2D eigenvalue weighted by molar-refractivity contribution is 5.76. The maximum absolute atomic E-state index is 10.3. The molecule has 7 nitrogen and oxygen atoms in total. The highest BCUT2D eigenvalue weighted by Crippen LogP contribution is 2.24. The van der Waals surface area contributed by atoms with E-state index in [9.17, 15) is 5.11 Å². The third kappa shape index (κ3) is 6.31. The van der Waals surface area contributed by atoms with E-state index in [1.54, 1.807) is 7.11 Å². The van der Waals surface area contributed by atoms with E-state index in [2.05, 4.69) is 11.6 Å². The molecule has 0 aliphatic carbocycles. The summed E-state index contributed by atoms with van der Waals surface area (Å²) < 4.78 is 24.0. The van der Waals surface area contributed by atoms with Crippen LogP contribution in [0.3, 0.4) is 0 Å². The van der Waals surface area contributed by atoms with E-state index in [0.29, 0.717) is 52.0 Å². The average Bonchev–Trinajstić information content (AvgIpc) is 3.04. The number of aliphatic hydroxyl groups excluding tert-OH is 1. The Morgan fingerprint density at radius 3 is 2.50 bits per heavy atom. The molecule has 0 bridgehead atoms. The lowest BCUT2D eigenvalue weighted by molar-refractivity contribution is 0.0214. The van der Waals surface area contributed by atoms with Crippen molar-refractivity contribution in [2.45, 2.75) is 39.0 Å². The summed E-state index contributed by atoms with van der Waals surface area (Å²) in [5.74, 6) is 0. The molecule has 0 aliphatic rings. The van der Waals surface area contributed by atoms with Crippen molar-refractivity contribution in [1.29, 1.82) is 0 Å². The Morgan fingerprint density at radius 2 is 1.82 bits per heavy atom. The van der Waals surface area contributed by atoms with Gasteiger partial charge in [0, 0.05) is 7.11 Å². The van der Waals surface area contributed by atoms with Gasteiger partial charge in [0.2, 0.25) is 0 Å². The lowest BCUT2D eigenvalue weighted by Crippen LogP contribution is -2.33. The molecule has 7 heteroatoms. The van der Waals surface area contributed by atoms with Gasteiger partial charge < -0.3 is 24.1 Å². The van der Waals surface area contributed by atoms with E-state index >= 15 is 0 Å². The summed E-state index contributed by atoms with van der Waals surface area (Å²) in [4.78, 5) is 4.59. The SMILES string of the molecule is C=C(C)[C@H](Oc1nc2ccccc2n1CCOCCOCCOC)[C@H](O)CC. The molecule has 1 aromatic heterocycles. The number of ether oxygens (including phenoxy) is 4. The van der Waals surface area contributed by atoms with Gasteiger partial charge in [-0.3, -0.25) is 4.57 Å². The number of hydrogen-bond donors (Lipinski definition) is 1. The second-order valence-corrected chi connectivity index (χ2v) is 6.61. The van der Waals surface area contributed by atoms with Gasteiger partial charge in [-0.25, -0.2) is 0 Å². The molecule has 28 heavy (non-hydrogen) atoms. The summed E-state index contributed by atoms with van der Waals surface area (Å²) in [6.07, 6.45) is -0.564. The highest BCUT2D eigenvalue weighted by Gasteiger charge is 2.23. The number of aromatic nitrogens is 2. The summed E-state index contributed by atoms with van der Waals surface area (Å²) in [7, 11) is 1.65. The molecule has 0 saturated carbocycles. The van der Waals surface area contributed by atoms with Gasteiger partial charge in [0.15, 0.2) is 0 Å². The Balaban J connectivity index is 2.02. The molecule has 1 heterocycles. The van der Waals surface area contributed by atoms with Gasteiger partial charge >= 0.3 is 0 Å². The summed E-state index contributed by atoms with van der Waals surface area (Å²) in [6, 6.07) is 8.30. The second kappa shape index (κ2) is 11.8. The Bertz CT molecular complexity index is 731. The van der Waals surface area contributed by atoms with Gasteiger partial charge in [-0.2, -0.15) is 4.98 Å². The molecule has 0 spiro atoms. The highest BCUT2D eigenvalue weighted by atomic mass is 16.5. The van der Waals surface area contributed by atoms with Crippen LogP contribution >= 0.6 is 0 Å². The van der Waals surface area contributed by atoms with Crippen LogP contribution in [0.4, 0.5) is 0 Å². The fourth-order valence-corrected chi connectivity index (χ4v) is 2.81. The lowest BCUT2D eigenvalue weighted by atomic mass is 10.1. The number of aliphatic hydroxyl groups is 1. The minimum atomic E-state index is -0.633. The quantitative estimate of drug-likeness (QED) is 0.394. The molecular formula is C21H32N2O5. The first-order valence-corrected chi connectivity index (χ1v) is 9.68.